The van der Waals surface area contributed by atoms with Crippen molar-refractivity contribution < 1.29 is 4.39 Å². The molecule has 142 valence electrons. The van der Waals surface area contributed by atoms with E-state index in [0.29, 0.717) is 34.2 Å². The Bertz CT molecular complexity index is 1170. The summed E-state index contributed by atoms with van der Waals surface area (Å²) < 4.78 is 13.6. The zero-order chi connectivity index (χ0) is 19.7. The predicted octanol–water partition coefficient (Wildman–Crippen LogP) is 5.08. The van der Waals surface area contributed by atoms with Gasteiger partial charge in [0.15, 0.2) is 0 Å². The molecule has 0 bridgehead atoms. The summed E-state index contributed by atoms with van der Waals surface area (Å²) in [5, 5.41) is 0.673. The van der Waals surface area contributed by atoms with Crippen LogP contribution >= 0.6 is 22.9 Å². The van der Waals surface area contributed by atoms with Crippen LogP contribution in [0.5, 0.6) is 0 Å². The molecule has 0 amide bonds. The molecular weight excluding hydrogens is 397 g/mol. The Labute approximate surface area is 170 Å². The number of H-pyrrole nitrogens is 1. The minimum absolute atomic E-state index is 0.139. The van der Waals surface area contributed by atoms with Crippen LogP contribution in [0, 0.1) is 5.82 Å². The van der Waals surface area contributed by atoms with E-state index in [2.05, 4.69) is 9.97 Å². The van der Waals surface area contributed by atoms with Crippen molar-refractivity contribution >= 4 is 33.2 Å². The highest BCUT2D eigenvalue weighted by molar-refractivity contribution is 7.22. The number of rotatable bonds is 5. The summed E-state index contributed by atoms with van der Waals surface area (Å²) in [7, 11) is 1.93. The Morgan fingerprint density at radius 2 is 1.82 bits per heavy atom. The van der Waals surface area contributed by atoms with Gasteiger partial charge in [-0.1, -0.05) is 35.9 Å². The quantitative estimate of drug-likeness (QED) is 0.496. The third kappa shape index (κ3) is 4.14. The van der Waals surface area contributed by atoms with Crippen molar-refractivity contribution in [3.63, 3.8) is 0 Å². The van der Waals surface area contributed by atoms with E-state index in [-0.39, 0.29) is 11.4 Å². The van der Waals surface area contributed by atoms with Crippen molar-refractivity contribution in [1.82, 2.24) is 14.9 Å². The number of hydrogen-bond donors (Lipinski definition) is 1. The van der Waals surface area contributed by atoms with Gasteiger partial charge in [0.25, 0.3) is 5.56 Å². The second-order valence-corrected chi connectivity index (χ2v) is 8.13. The third-order valence-corrected chi connectivity index (χ3v) is 5.77. The average molecular weight is 414 g/mol. The Morgan fingerprint density at radius 3 is 2.54 bits per heavy atom. The van der Waals surface area contributed by atoms with E-state index < -0.39 is 0 Å². The van der Waals surface area contributed by atoms with Crippen molar-refractivity contribution in [3.05, 3.63) is 87.2 Å². The van der Waals surface area contributed by atoms with E-state index in [0.717, 1.165) is 16.0 Å². The number of thiophene rings is 1. The van der Waals surface area contributed by atoms with Crippen LogP contribution < -0.4 is 5.56 Å². The van der Waals surface area contributed by atoms with Gasteiger partial charge >= 0.3 is 0 Å². The van der Waals surface area contributed by atoms with Crippen molar-refractivity contribution in [1.29, 1.82) is 0 Å². The monoisotopic (exact) mass is 413 g/mol. The number of fused-ring (bicyclic) bond motifs is 1. The molecule has 1 N–H and O–H groups in total. The molecule has 2 aromatic carbocycles. The van der Waals surface area contributed by atoms with Crippen LogP contribution in [0.15, 0.2) is 59.4 Å². The molecule has 0 saturated carbocycles. The molecular formula is C21H17ClFN3OS. The van der Waals surface area contributed by atoms with Gasteiger partial charge in [-0.3, -0.25) is 9.69 Å². The molecule has 0 unspecified atom stereocenters. The molecule has 4 aromatic rings. The van der Waals surface area contributed by atoms with Gasteiger partial charge in [-0.15, -0.1) is 11.3 Å². The summed E-state index contributed by atoms with van der Waals surface area (Å²) in [5.41, 5.74) is 2.54. The topological polar surface area (TPSA) is 49.0 Å². The lowest BCUT2D eigenvalue weighted by atomic mass is 10.2. The maximum absolute atomic E-state index is 13.0. The average Bonchev–Trinajstić information content (AvgIpc) is 3.09. The molecule has 0 aliphatic heterocycles. The van der Waals surface area contributed by atoms with E-state index >= 15 is 0 Å². The molecule has 0 aliphatic rings. The van der Waals surface area contributed by atoms with Gasteiger partial charge in [-0.25, -0.2) is 9.37 Å². The van der Waals surface area contributed by atoms with Crippen LogP contribution in [0.25, 0.3) is 20.7 Å². The van der Waals surface area contributed by atoms with Gasteiger partial charge in [-0.2, -0.15) is 0 Å². The number of nitrogens with zero attached hydrogens (tertiary/aromatic N) is 2. The Kier molecular flexibility index (Phi) is 5.26. The molecule has 0 atom stereocenters. The third-order valence-electron chi connectivity index (χ3n) is 4.35. The largest absolute Gasteiger partial charge is 0.308 e. The highest BCUT2D eigenvalue weighted by Crippen LogP contribution is 2.31. The van der Waals surface area contributed by atoms with Gasteiger partial charge in [0.2, 0.25) is 0 Å². The van der Waals surface area contributed by atoms with Gasteiger partial charge in [0.1, 0.15) is 16.3 Å². The standard InChI is InChI=1S/C21H17ClFN3OS/c1-26(11-13-2-8-16(23)9-3-13)12-19-24-17-10-18(28-20(17)21(27)25-19)14-4-6-15(22)7-5-14/h2-10H,11-12H2,1H3,(H,24,25,27). The predicted molar refractivity (Wildman–Crippen MR) is 112 cm³/mol. The van der Waals surface area contributed by atoms with Crippen LogP contribution in [0.4, 0.5) is 4.39 Å². The number of benzene rings is 2. The van der Waals surface area contributed by atoms with Crippen LogP contribution in [0.3, 0.4) is 0 Å². The molecule has 4 rings (SSSR count). The Morgan fingerprint density at radius 1 is 1.11 bits per heavy atom. The number of nitrogens with one attached hydrogen (secondary N) is 1. The lowest BCUT2D eigenvalue weighted by Gasteiger charge is -2.16. The van der Waals surface area contributed by atoms with Crippen LogP contribution in [-0.4, -0.2) is 21.9 Å². The summed E-state index contributed by atoms with van der Waals surface area (Å²) >= 11 is 7.37. The smallest absolute Gasteiger partial charge is 0.268 e. The molecule has 4 nitrogen and oxygen atoms in total. The number of aromatic nitrogens is 2. The first-order valence-electron chi connectivity index (χ1n) is 8.69. The Balaban J connectivity index is 1.57. The first-order valence-corrected chi connectivity index (χ1v) is 9.89. The second kappa shape index (κ2) is 7.83. The van der Waals surface area contributed by atoms with Crippen LogP contribution in [-0.2, 0) is 13.1 Å². The molecule has 0 radical (unpaired) electrons. The Hall–Kier alpha value is -2.54. The van der Waals surface area contributed by atoms with E-state index in [1.807, 2.05) is 42.3 Å². The maximum atomic E-state index is 13.0. The zero-order valence-corrected chi connectivity index (χ0v) is 16.6. The summed E-state index contributed by atoms with van der Waals surface area (Å²) in [6.45, 7) is 1.11. The van der Waals surface area contributed by atoms with Crippen molar-refractivity contribution in [2.75, 3.05) is 7.05 Å². The summed E-state index contributed by atoms with van der Waals surface area (Å²) in [5.74, 6) is 0.347. The van der Waals surface area contributed by atoms with Crippen LogP contribution in [0.2, 0.25) is 5.02 Å². The zero-order valence-electron chi connectivity index (χ0n) is 15.1. The van der Waals surface area contributed by atoms with Crippen molar-refractivity contribution in [2.24, 2.45) is 0 Å². The fourth-order valence-electron chi connectivity index (χ4n) is 3.03. The normalized spacial score (nSPS) is 11.4. The fraction of sp³-hybridized carbons (Fsp3) is 0.143. The highest BCUT2D eigenvalue weighted by atomic mass is 35.5. The SMILES string of the molecule is CN(Cc1ccc(F)cc1)Cc1nc2cc(-c3ccc(Cl)cc3)sc2c(=O)[nH]1. The molecule has 0 spiro atoms. The highest BCUT2D eigenvalue weighted by Gasteiger charge is 2.12. The number of halogens is 2. The molecule has 2 heterocycles. The van der Waals surface area contributed by atoms with E-state index in [1.54, 1.807) is 12.1 Å². The van der Waals surface area contributed by atoms with Crippen molar-refractivity contribution in [3.8, 4) is 10.4 Å². The first-order chi connectivity index (χ1) is 13.5. The number of aromatic amines is 1. The van der Waals surface area contributed by atoms with E-state index in [9.17, 15) is 9.18 Å². The van der Waals surface area contributed by atoms with Crippen molar-refractivity contribution in [2.45, 2.75) is 13.1 Å². The molecule has 0 saturated heterocycles. The van der Waals surface area contributed by atoms with Gasteiger partial charge < -0.3 is 4.98 Å². The summed E-state index contributed by atoms with van der Waals surface area (Å²) in [6.07, 6.45) is 0. The van der Waals surface area contributed by atoms with Crippen LogP contribution in [0.1, 0.15) is 11.4 Å². The molecule has 2 aromatic heterocycles. The molecule has 28 heavy (non-hydrogen) atoms. The lowest BCUT2D eigenvalue weighted by molar-refractivity contribution is 0.310. The summed E-state index contributed by atoms with van der Waals surface area (Å²) in [4.78, 5) is 23.0. The molecule has 0 fully saturated rings. The maximum Gasteiger partial charge on any atom is 0.268 e. The minimum Gasteiger partial charge on any atom is -0.308 e. The fourth-order valence-corrected chi connectivity index (χ4v) is 4.16. The minimum atomic E-state index is -0.253. The second-order valence-electron chi connectivity index (χ2n) is 6.64. The lowest BCUT2D eigenvalue weighted by Crippen LogP contribution is -2.21. The van der Waals surface area contributed by atoms with E-state index in [1.165, 1.54) is 23.5 Å². The van der Waals surface area contributed by atoms with E-state index in [4.69, 9.17) is 11.6 Å². The van der Waals surface area contributed by atoms with Gasteiger partial charge in [-0.05, 0) is 48.5 Å². The number of hydrogen-bond acceptors (Lipinski definition) is 4. The first kappa shape index (κ1) is 18.8. The molecule has 0 aliphatic carbocycles. The summed E-state index contributed by atoms with van der Waals surface area (Å²) in [6, 6.07) is 15.8. The molecule has 7 heteroatoms. The van der Waals surface area contributed by atoms with Gasteiger partial charge in [0.05, 0.1) is 12.1 Å². The van der Waals surface area contributed by atoms with Gasteiger partial charge in [0, 0.05) is 16.4 Å².